The second kappa shape index (κ2) is 12.8. The van der Waals surface area contributed by atoms with Gasteiger partial charge in [0.2, 0.25) is 5.91 Å². The average molecular weight is 532 g/mol. The molecule has 0 atom stereocenters. The topological polar surface area (TPSA) is 107 Å². The number of methoxy groups -OCH3 is 1. The highest BCUT2D eigenvalue weighted by Gasteiger charge is 2.18. The molecule has 38 heavy (non-hydrogen) atoms. The molecule has 10 heteroatoms. The summed E-state index contributed by atoms with van der Waals surface area (Å²) in [6.07, 6.45) is 0. The molecule has 1 heterocycles. The quantitative estimate of drug-likeness (QED) is 0.278. The van der Waals surface area contributed by atoms with Crippen molar-refractivity contribution < 1.29 is 19.1 Å². The number of carbonyl (C=O) groups is 2. The molecule has 196 valence electrons. The molecule has 0 bridgehead atoms. The third kappa shape index (κ3) is 7.13. The van der Waals surface area contributed by atoms with Gasteiger partial charge in [-0.3, -0.25) is 14.2 Å². The van der Waals surface area contributed by atoms with Crippen LogP contribution >= 0.6 is 11.8 Å². The van der Waals surface area contributed by atoms with Crippen LogP contribution in [0.3, 0.4) is 0 Å². The number of amides is 2. The van der Waals surface area contributed by atoms with Crippen LogP contribution in [0.5, 0.6) is 11.5 Å². The normalized spacial score (nSPS) is 10.6. The van der Waals surface area contributed by atoms with E-state index in [4.69, 9.17) is 9.47 Å². The summed E-state index contributed by atoms with van der Waals surface area (Å²) in [7, 11) is 1.59. The lowest BCUT2D eigenvalue weighted by Gasteiger charge is -2.14. The van der Waals surface area contributed by atoms with Gasteiger partial charge in [-0.1, -0.05) is 42.1 Å². The van der Waals surface area contributed by atoms with Crippen LogP contribution in [-0.2, 0) is 16.1 Å². The van der Waals surface area contributed by atoms with Gasteiger partial charge in [0.15, 0.2) is 17.6 Å². The molecule has 3 aromatic carbocycles. The first kappa shape index (κ1) is 26.7. The number of benzene rings is 3. The molecule has 0 aliphatic heterocycles. The Morgan fingerprint density at radius 1 is 0.921 bits per heavy atom. The maximum atomic E-state index is 12.6. The first-order chi connectivity index (χ1) is 18.4. The zero-order valence-electron chi connectivity index (χ0n) is 21.4. The molecule has 0 saturated carbocycles. The standard InChI is InChI=1S/C28H29N5O4S/c1-19-9-10-20(2)24(15-19)33-25(16-29-26(34)17-37-23-7-5-4-6-8-23)31-32-28(33)38-18-27(35)30-21-11-13-22(36-3)14-12-21/h4-15H,16-18H2,1-3H3,(H,29,34)(H,30,35). The fourth-order valence-electron chi connectivity index (χ4n) is 3.61. The summed E-state index contributed by atoms with van der Waals surface area (Å²) >= 11 is 1.27. The lowest BCUT2D eigenvalue weighted by Crippen LogP contribution is -2.29. The number of aromatic nitrogens is 3. The molecule has 0 aliphatic carbocycles. The highest BCUT2D eigenvalue weighted by atomic mass is 32.2. The molecule has 4 aromatic rings. The van der Waals surface area contributed by atoms with Crippen molar-refractivity contribution in [2.45, 2.75) is 25.5 Å². The van der Waals surface area contributed by atoms with Gasteiger partial charge < -0.3 is 20.1 Å². The summed E-state index contributed by atoms with van der Waals surface area (Å²) in [6, 6.07) is 22.4. The number of para-hydroxylation sites is 1. The van der Waals surface area contributed by atoms with Crippen LogP contribution in [-0.4, -0.2) is 46.0 Å². The van der Waals surface area contributed by atoms with E-state index in [1.165, 1.54) is 11.8 Å². The van der Waals surface area contributed by atoms with Crippen LogP contribution in [0, 0.1) is 13.8 Å². The Hall–Kier alpha value is -4.31. The van der Waals surface area contributed by atoms with Gasteiger partial charge in [0.25, 0.3) is 5.91 Å². The van der Waals surface area contributed by atoms with Crippen LogP contribution in [0.4, 0.5) is 5.69 Å². The second-order valence-corrected chi connectivity index (χ2v) is 9.41. The van der Waals surface area contributed by atoms with Crippen LogP contribution in [0.1, 0.15) is 17.0 Å². The van der Waals surface area contributed by atoms with Gasteiger partial charge >= 0.3 is 0 Å². The molecule has 4 rings (SSSR count). The molecular weight excluding hydrogens is 502 g/mol. The summed E-state index contributed by atoms with van der Waals surface area (Å²) in [5.41, 5.74) is 3.64. The molecule has 2 N–H and O–H groups in total. The molecule has 0 spiro atoms. The predicted molar refractivity (Wildman–Crippen MR) is 147 cm³/mol. The van der Waals surface area contributed by atoms with E-state index in [0.717, 1.165) is 16.8 Å². The molecular formula is C28H29N5O4S. The Labute approximate surface area is 225 Å². The zero-order chi connectivity index (χ0) is 26.9. The number of hydrogen-bond donors (Lipinski definition) is 2. The summed E-state index contributed by atoms with van der Waals surface area (Å²) in [6.45, 7) is 4.03. The highest BCUT2D eigenvalue weighted by Crippen LogP contribution is 2.26. The van der Waals surface area contributed by atoms with Crippen molar-refractivity contribution in [2.24, 2.45) is 0 Å². The number of ether oxygens (including phenoxy) is 2. The van der Waals surface area contributed by atoms with Gasteiger partial charge in [0.1, 0.15) is 11.5 Å². The van der Waals surface area contributed by atoms with Crippen LogP contribution in [0.15, 0.2) is 78.0 Å². The Balaban J connectivity index is 1.45. The SMILES string of the molecule is COc1ccc(NC(=O)CSc2nnc(CNC(=O)COc3ccccc3)n2-c2cc(C)ccc2C)cc1. The van der Waals surface area contributed by atoms with Gasteiger partial charge in [0.05, 0.1) is 25.1 Å². The minimum Gasteiger partial charge on any atom is -0.497 e. The molecule has 0 unspecified atom stereocenters. The third-order valence-corrected chi connectivity index (χ3v) is 6.50. The number of aryl methyl sites for hydroxylation is 2. The van der Waals surface area contributed by atoms with Crippen molar-refractivity contribution in [2.75, 3.05) is 24.8 Å². The van der Waals surface area contributed by atoms with Gasteiger partial charge in [0, 0.05) is 5.69 Å². The fourth-order valence-corrected chi connectivity index (χ4v) is 4.37. The lowest BCUT2D eigenvalue weighted by atomic mass is 10.1. The summed E-state index contributed by atoms with van der Waals surface area (Å²) in [4.78, 5) is 25.1. The van der Waals surface area contributed by atoms with E-state index >= 15 is 0 Å². The molecule has 0 radical (unpaired) electrons. The zero-order valence-corrected chi connectivity index (χ0v) is 22.2. The Morgan fingerprint density at radius 3 is 2.42 bits per heavy atom. The van der Waals surface area contributed by atoms with Crippen LogP contribution in [0.25, 0.3) is 5.69 Å². The van der Waals surface area contributed by atoms with Crippen molar-refractivity contribution in [3.63, 3.8) is 0 Å². The number of thioether (sulfide) groups is 1. The third-order valence-electron chi connectivity index (χ3n) is 5.57. The second-order valence-electron chi connectivity index (χ2n) is 8.47. The Morgan fingerprint density at radius 2 is 1.68 bits per heavy atom. The van der Waals surface area contributed by atoms with E-state index in [0.29, 0.717) is 28.2 Å². The summed E-state index contributed by atoms with van der Waals surface area (Å²) in [5.74, 6) is 1.55. The van der Waals surface area contributed by atoms with Crippen LogP contribution < -0.4 is 20.1 Å². The van der Waals surface area contributed by atoms with E-state index in [2.05, 4.69) is 20.8 Å². The average Bonchev–Trinajstić information content (AvgIpc) is 3.34. The monoisotopic (exact) mass is 531 g/mol. The number of anilines is 1. The van der Waals surface area contributed by atoms with Crippen molar-refractivity contribution in [3.8, 4) is 17.2 Å². The van der Waals surface area contributed by atoms with Gasteiger partial charge in [-0.15, -0.1) is 10.2 Å². The molecule has 1 aromatic heterocycles. The first-order valence-electron chi connectivity index (χ1n) is 12.0. The first-order valence-corrected chi connectivity index (χ1v) is 12.9. The maximum absolute atomic E-state index is 12.6. The Kier molecular flexibility index (Phi) is 8.99. The Bertz CT molecular complexity index is 1390. The predicted octanol–water partition coefficient (Wildman–Crippen LogP) is 4.32. The largest absolute Gasteiger partial charge is 0.497 e. The van der Waals surface area contributed by atoms with E-state index in [1.807, 2.05) is 54.8 Å². The summed E-state index contributed by atoms with van der Waals surface area (Å²) in [5, 5.41) is 14.9. The molecule has 0 saturated heterocycles. The number of nitrogens with one attached hydrogen (secondary N) is 2. The van der Waals surface area contributed by atoms with E-state index in [-0.39, 0.29) is 30.7 Å². The highest BCUT2D eigenvalue weighted by molar-refractivity contribution is 7.99. The number of hydrogen-bond acceptors (Lipinski definition) is 7. The fraction of sp³-hybridized carbons (Fsp3) is 0.214. The smallest absolute Gasteiger partial charge is 0.258 e. The van der Waals surface area contributed by atoms with Crippen LogP contribution in [0.2, 0.25) is 0 Å². The number of nitrogens with zero attached hydrogens (tertiary/aromatic N) is 3. The molecule has 9 nitrogen and oxygen atoms in total. The van der Waals surface area contributed by atoms with E-state index in [1.54, 1.807) is 43.5 Å². The summed E-state index contributed by atoms with van der Waals surface area (Å²) < 4.78 is 12.6. The molecule has 0 aliphatic rings. The van der Waals surface area contributed by atoms with Crippen molar-refractivity contribution >= 4 is 29.3 Å². The minimum atomic E-state index is -0.280. The minimum absolute atomic E-state index is 0.116. The number of rotatable bonds is 11. The van der Waals surface area contributed by atoms with Crippen molar-refractivity contribution in [1.29, 1.82) is 0 Å². The maximum Gasteiger partial charge on any atom is 0.258 e. The molecule has 2 amide bonds. The van der Waals surface area contributed by atoms with Crippen molar-refractivity contribution in [3.05, 3.63) is 89.7 Å². The van der Waals surface area contributed by atoms with Gasteiger partial charge in [-0.2, -0.15) is 0 Å². The van der Waals surface area contributed by atoms with E-state index in [9.17, 15) is 9.59 Å². The van der Waals surface area contributed by atoms with Crippen molar-refractivity contribution in [1.82, 2.24) is 20.1 Å². The van der Waals surface area contributed by atoms with E-state index < -0.39 is 0 Å². The molecule has 0 fully saturated rings. The lowest BCUT2D eigenvalue weighted by molar-refractivity contribution is -0.123. The number of carbonyl (C=O) groups excluding carboxylic acids is 2. The van der Waals surface area contributed by atoms with Gasteiger partial charge in [-0.05, 0) is 67.4 Å². The van der Waals surface area contributed by atoms with Gasteiger partial charge in [-0.25, -0.2) is 0 Å².